The highest BCUT2D eigenvalue weighted by molar-refractivity contribution is 7.18. The topological polar surface area (TPSA) is 47.4 Å². The summed E-state index contributed by atoms with van der Waals surface area (Å²) >= 11 is 1.62. The Morgan fingerprint density at radius 2 is 1.86 bits per heavy atom. The Morgan fingerprint density at radius 3 is 2.61 bits per heavy atom. The minimum atomic E-state index is 0.105. The summed E-state index contributed by atoms with van der Waals surface area (Å²) in [7, 11) is 0. The summed E-state index contributed by atoms with van der Waals surface area (Å²) in [5, 5.41) is 0.794. The quantitative estimate of drug-likeness (QED) is 0.663. The van der Waals surface area contributed by atoms with Crippen LogP contribution in [-0.4, -0.2) is 35.9 Å². The molecule has 5 rings (SSSR count). The third-order valence-corrected chi connectivity index (χ3v) is 6.89. The Bertz CT molecular complexity index is 1140. The first-order chi connectivity index (χ1) is 13.6. The fourth-order valence-electron chi connectivity index (χ4n) is 4.06. The number of hydrogen-bond donors (Lipinski definition) is 0. The van der Waals surface area contributed by atoms with Crippen LogP contribution in [-0.2, 0) is 11.3 Å². The number of anilines is 1. The number of ether oxygens (including phenoxy) is 1. The van der Waals surface area contributed by atoms with E-state index in [-0.39, 0.29) is 5.56 Å². The first-order valence-electron chi connectivity index (χ1n) is 9.76. The number of hydrogen-bond acceptors (Lipinski definition) is 5. The van der Waals surface area contributed by atoms with E-state index in [1.54, 1.807) is 11.3 Å². The van der Waals surface area contributed by atoms with Crippen molar-refractivity contribution in [2.75, 3.05) is 31.2 Å². The molecule has 0 aliphatic carbocycles. The van der Waals surface area contributed by atoms with Gasteiger partial charge in [-0.3, -0.25) is 9.36 Å². The molecule has 2 aliphatic heterocycles. The summed E-state index contributed by atoms with van der Waals surface area (Å²) in [6.45, 7) is 8.25. The summed E-state index contributed by atoms with van der Waals surface area (Å²) in [5.74, 6) is 0.830. The maximum atomic E-state index is 13.0. The SMILES string of the molecule is Cc1sc2nc3n(c(=O)c2c1C)CC/C3=C\c1ccc(N2CCOCC2)cc1. The van der Waals surface area contributed by atoms with Crippen molar-refractivity contribution in [3.8, 4) is 0 Å². The van der Waals surface area contributed by atoms with Crippen LogP contribution < -0.4 is 10.5 Å². The van der Waals surface area contributed by atoms with E-state index < -0.39 is 0 Å². The lowest BCUT2D eigenvalue weighted by atomic mass is 10.1. The number of fused-ring (bicyclic) bond motifs is 2. The van der Waals surface area contributed by atoms with E-state index in [9.17, 15) is 4.79 Å². The zero-order valence-corrected chi connectivity index (χ0v) is 17.0. The largest absolute Gasteiger partial charge is 0.378 e. The minimum absolute atomic E-state index is 0.105. The molecule has 5 nitrogen and oxygen atoms in total. The van der Waals surface area contributed by atoms with Crippen LogP contribution in [0.25, 0.3) is 21.9 Å². The Balaban J connectivity index is 1.49. The van der Waals surface area contributed by atoms with Crippen molar-refractivity contribution >= 4 is 38.9 Å². The summed E-state index contributed by atoms with van der Waals surface area (Å²) in [4.78, 5) is 22.2. The number of thiophene rings is 1. The molecular formula is C22H23N3O2S. The summed E-state index contributed by atoms with van der Waals surface area (Å²) < 4.78 is 7.27. The Morgan fingerprint density at radius 1 is 1.11 bits per heavy atom. The monoisotopic (exact) mass is 393 g/mol. The van der Waals surface area contributed by atoms with Crippen molar-refractivity contribution < 1.29 is 4.74 Å². The van der Waals surface area contributed by atoms with Crippen LogP contribution in [0.3, 0.4) is 0 Å². The van der Waals surface area contributed by atoms with Gasteiger partial charge in [-0.1, -0.05) is 12.1 Å². The molecule has 0 N–H and O–H groups in total. The molecule has 1 aromatic carbocycles. The smallest absolute Gasteiger partial charge is 0.262 e. The summed E-state index contributed by atoms with van der Waals surface area (Å²) in [6, 6.07) is 8.64. The third kappa shape index (κ3) is 2.88. The highest BCUT2D eigenvalue weighted by atomic mass is 32.1. The molecular weight excluding hydrogens is 370 g/mol. The fourth-order valence-corrected chi connectivity index (χ4v) is 5.08. The molecule has 4 heterocycles. The first kappa shape index (κ1) is 17.6. The van der Waals surface area contributed by atoms with Crippen molar-refractivity contribution in [3.63, 3.8) is 0 Å². The number of nitrogens with zero attached hydrogens (tertiary/aromatic N) is 3. The molecule has 2 aromatic heterocycles. The third-order valence-electron chi connectivity index (χ3n) is 5.79. The Kier molecular flexibility index (Phi) is 4.33. The predicted molar refractivity (Wildman–Crippen MR) is 115 cm³/mol. The van der Waals surface area contributed by atoms with Gasteiger partial charge in [-0.05, 0) is 55.2 Å². The zero-order valence-electron chi connectivity index (χ0n) is 16.2. The molecule has 0 saturated carbocycles. The molecule has 144 valence electrons. The van der Waals surface area contributed by atoms with Crippen LogP contribution in [0.2, 0.25) is 0 Å². The van der Waals surface area contributed by atoms with Gasteiger partial charge in [-0.2, -0.15) is 0 Å². The van der Waals surface area contributed by atoms with E-state index in [2.05, 4.69) is 42.2 Å². The minimum Gasteiger partial charge on any atom is -0.378 e. The number of rotatable bonds is 2. The molecule has 0 amide bonds. The van der Waals surface area contributed by atoms with E-state index in [0.29, 0.717) is 6.54 Å². The van der Waals surface area contributed by atoms with E-state index in [1.807, 2.05) is 11.5 Å². The van der Waals surface area contributed by atoms with E-state index >= 15 is 0 Å². The van der Waals surface area contributed by atoms with Gasteiger partial charge in [0.25, 0.3) is 5.56 Å². The van der Waals surface area contributed by atoms with Crippen LogP contribution in [0.5, 0.6) is 0 Å². The standard InChI is InChI=1S/C22H23N3O2S/c1-14-15(2)28-21-19(14)22(26)25-8-7-17(20(25)23-21)13-16-3-5-18(6-4-16)24-9-11-27-12-10-24/h3-6,13H,7-12H2,1-2H3/b17-13+. The molecule has 1 fully saturated rings. The summed E-state index contributed by atoms with van der Waals surface area (Å²) in [5.41, 5.74) is 4.70. The molecule has 2 aliphatic rings. The normalized spacial score (nSPS) is 18.2. The highest BCUT2D eigenvalue weighted by Crippen LogP contribution is 2.32. The van der Waals surface area contributed by atoms with E-state index in [4.69, 9.17) is 9.72 Å². The van der Waals surface area contributed by atoms with Crippen LogP contribution in [0.4, 0.5) is 5.69 Å². The van der Waals surface area contributed by atoms with Crippen molar-refractivity contribution in [1.82, 2.24) is 9.55 Å². The van der Waals surface area contributed by atoms with E-state index in [1.165, 1.54) is 10.6 Å². The van der Waals surface area contributed by atoms with Gasteiger partial charge in [-0.15, -0.1) is 11.3 Å². The average Bonchev–Trinajstić information content (AvgIpc) is 3.24. The lowest BCUT2D eigenvalue weighted by Crippen LogP contribution is -2.36. The van der Waals surface area contributed by atoms with Gasteiger partial charge in [0.15, 0.2) is 0 Å². The van der Waals surface area contributed by atoms with Crippen LogP contribution in [0, 0.1) is 13.8 Å². The number of morpholine rings is 1. The molecule has 28 heavy (non-hydrogen) atoms. The van der Waals surface area contributed by atoms with E-state index in [0.717, 1.165) is 65.5 Å². The van der Waals surface area contributed by atoms with Crippen LogP contribution in [0.1, 0.15) is 28.2 Å². The zero-order chi connectivity index (χ0) is 19.3. The molecule has 0 unspecified atom stereocenters. The predicted octanol–water partition coefficient (Wildman–Crippen LogP) is 3.86. The lowest BCUT2D eigenvalue weighted by Gasteiger charge is -2.28. The molecule has 1 saturated heterocycles. The van der Waals surface area contributed by atoms with Crippen LogP contribution in [0.15, 0.2) is 29.1 Å². The number of aromatic nitrogens is 2. The van der Waals surface area contributed by atoms with Gasteiger partial charge in [0.1, 0.15) is 10.7 Å². The number of allylic oxidation sites excluding steroid dienone is 1. The molecule has 3 aromatic rings. The van der Waals surface area contributed by atoms with Crippen molar-refractivity contribution in [3.05, 3.63) is 56.4 Å². The molecule has 0 atom stereocenters. The van der Waals surface area contributed by atoms with Crippen molar-refractivity contribution in [2.24, 2.45) is 0 Å². The molecule has 0 bridgehead atoms. The molecule has 0 radical (unpaired) electrons. The second-order valence-electron chi connectivity index (χ2n) is 7.47. The van der Waals surface area contributed by atoms with Gasteiger partial charge in [0.05, 0.1) is 18.6 Å². The Labute approximate surface area is 167 Å². The summed E-state index contributed by atoms with van der Waals surface area (Å²) in [6.07, 6.45) is 3.02. The van der Waals surface area contributed by atoms with Gasteiger partial charge in [-0.25, -0.2) is 4.98 Å². The van der Waals surface area contributed by atoms with Gasteiger partial charge >= 0.3 is 0 Å². The van der Waals surface area contributed by atoms with Crippen molar-refractivity contribution in [2.45, 2.75) is 26.8 Å². The maximum Gasteiger partial charge on any atom is 0.262 e. The van der Waals surface area contributed by atoms with Crippen molar-refractivity contribution in [1.29, 1.82) is 0 Å². The molecule has 6 heteroatoms. The number of benzene rings is 1. The fraction of sp³-hybridized carbons (Fsp3) is 0.364. The lowest BCUT2D eigenvalue weighted by molar-refractivity contribution is 0.122. The highest BCUT2D eigenvalue weighted by Gasteiger charge is 2.23. The first-order valence-corrected chi connectivity index (χ1v) is 10.6. The second-order valence-corrected chi connectivity index (χ2v) is 8.67. The number of aryl methyl sites for hydroxylation is 2. The van der Waals surface area contributed by atoms with Gasteiger partial charge in [0, 0.05) is 30.2 Å². The van der Waals surface area contributed by atoms with Crippen LogP contribution >= 0.6 is 11.3 Å². The maximum absolute atomic E-state index is 13.0. The second kappa shape index (κ2) is 6.87. The van der Waals surface area contributed by atoms with Gasteiger partial charge < -0.3 is 9.64 Å². The Hall–Kier alpha value is -2.44. The molecule has 0 spiro atoms. The average molecular weight is 394 g/mol. The van der Waals surface area contributed by atoms with Gasteiger partial charge in [0.2, 0.25) is 0 Å².